The van der Waals surface area contributed by atoms with Crippen LogP contribution in [0.1, 0.15) is 6.92 Å². The van der Waals surface area contributed by atoms with Crippen molar-refractivity contribution in [1.29, 1.82) is 0 Å². The summed E-state index contributed by atoms with van der Waals surface area (Å²) >= 11 is 0. The molecule has 0 saturated heterocycles. The summed E-state index contributed by atoms with van der Waals surface area (Å²) in [5, 5.41) is 8.49. The summed E-state index contributed by atoms with van der Waals surface area (Å²) in [6.45, 7) is 4.07. The Hall–Kier alpha value is -3.39. The maximum absolute atomic E-state index is 13.1. The van der Waals surface area contributed by atoms with Crippen molar-refractivity contribution in [2.24, 2.45) is 0 Å². The van der Waals surface area contributed by atoms with E-state index in [0.29, 0.717) is 19.0 Å². The first-order valence-corrected chi connectivity index (χ1v) is 9.37. The van der Waals surface area contributed by atoms with Gasteiger partial charge in [-0.3, -0.25) is 5.10 Å². The van der Waals surface area contributed by atoms with Crippen molar-refractivity contribution < 1.29 is 9.13 Å². The predicted octanol–water partition coefficient (Wildman–Crippen LogP) is 3.69. The van der Waals surface area contributed by atoms with Gasteiger partial charge in [0, 0.05) is 42.9 Å². The summed E-state index contributed by atoms with van der Waals surface area (Å²) in [5.41, 5.74) is 3.45. The van der Waals surface area contributed by atoms with E-state index in [1.807, 2.05) is 49.2 Å². The van der Waals surface area contributed by atoms with Crippen LogP contribution in [-0.4, -0.2) is 52.0 Å². The molecule has 4 aromatic rings. The van der Waals surface area contributed by atoms with Crippen molar-refractivity contribution in [3.8, 4) is 22.6 Å². The van der Waals surface area contributed by atoms with E-state index < -0.39 is 5.82 Å². The molecule has 0 aliphatic carbocycles. The van der Waals surface area contributed by atoms with Crippen LogP contribution in [0, 0.1) is 5.82 Å². The largest absolute Gasteiger partial charge is 0.380 e. The number of nitrogens with one attached hydrogen (secondary N) is 1. The Balaban J connectivity index is 1.68. The van der Waals surface area contributed by atoms with Gasteiger partial charge in [0.05, 0.1) is 24.5 Å². The monoisotopic (exact) mass is 392 g/mol. The quantitative estimate of drug-likeness (QED) is 0.483. The van der Waals surface area contributed by atoms with Crippen LogP contribution in [0.25, 0.3) is 33.5 Å². The molecule has 8 heteroatoms. The lowest BCUT2D eigenvalue weighted by atomic mass is 10.1. The Morgan fingerprint density at radius 2 is 1.90 bits per heavy atom. The summed E-state index contributed by atoms with van der Waals surface area (Å²) < 4.78 is 18.6. The number of pyridine rings is 1. The molecule has 0 fully saturated rings. The van der Waals surface area contributed by atoms with Gasteiger partial charge in [0.15, 0.2) is 11.6 Å². The molecular weight excluding hydrogens is 371 g/mol. The fourth-order valence-electron chi connectivity index (χ4n) is 3.07. The summed E-state index contributed by atoms with van der Waals surface area (Å²) in [7, 11) is 1.98. The first kappa shape index (κ1) is 18.9. The van der Waals surface area contributed by atoms with Gasteiger partial charge in [-0.15, -0.1) is 0 Å². The molecule has 0 saturated carbocycles. The fourth-order valence-corrected chi connectivity index (χ4v) is 3.07. The molecular formula is C21H21FN6O. The first-order chi connectivity index (χ1) is 14.2. The molecule has 7 nitrogen and oxygen atoms in total. The lowest BCUT2D eigenvalue weighted by Crippen LogP contribution is -2.23. The highest BCUT2D eigenvalue weighted by Gasteiger charge is 2.13. The number of likely N-dealkylation sites (N-methyl/N-ethyl adjacent to an activating group) is 1. The lowest BCUT2D eigenvalue weighted by Gasteiger charge is -2.18. The number of aromatic nitrogens is 5. The molecule has 3 heterocycles. The van der Waals surface area contributed by atoms with Crippen molar-refractivity contribution >= 4 is 16.7 Å². The average Bonchev–Trinajstić information content (AvgIpc) is 3.18. The van der Waals surface area contributed by atoms with Crippen molar-refractivity contribution in [2.75, 3.05) is 31.7 Å². The zero-order chi connectivity index (χ0) is 20.2. The second-order valence-electron chi connectivity index (χ2n) is 6.58. The molecule has 0 radical (unpaired) electrons. The number of ether oxygens (including phenoxy) is 1. The molecule has 0 aliphatic rings. The predicted molar refractivity (Wildman–Crippen MR) is 110 cm³/mol. The summed E-state index contributed by atoms with van der Waals surface area (Å²) in [5.74, 6) is 0.847. The number of hydrogen-bond donors (Lipinski definition) is 1. The molecule has 0 unspecified atom stereocenters. The van der Waals surface area contributed by atoms with Crippen molar-refractivity contribution in [1.82, 2.24) is 25.1 Å². The topological polar surface area (TPSA) is 79.8 Å². The van der Waals surface area contributed by atoms with E-state index in [4.69, 9.17) is 4.74 Å². The van der Waals surface area contributed by atoms with Gasteiger partial charge in [-0.2, -0.15) is 5.10 Å². The number of rotatable bonds is 7. The maximum Gasteiger partial charge on any atom is 0.159 e. The normalized spacial score (nSPS) is 11.1. The highest BCUT2D eigenvalue weighted by atomic mass is 19.1. The van der Waals surface area contributed by atoms with Gasteiger partial charge >= 0.3 is 0 Å². The number of benzene rings is 1. The summed E-state index contributed by atoms with van der Waals surface area (Å²) in [4.78, 5) is 14.6. The highest BCUT2D eigenvalue weighted by Crippen LogP contribution is 2.30. The SMILES string of the molecule is CCOCCN(C)c1cc(-c2n[nH]c3ccc(-c4ncc(F)cn4)cc23)ccn1. The minimum absolute atomic E-state index is 0.461. The molecule has 1 aromatic carbocycles. The van der Waals surface area contributed by atoms with Gasteiger partial charge in [0.1, 0.15) is 11.5 Å². The Morgan fingerprint density at radius 3 is 2.69 bits per heavy atom. The minimum atomic E-state index is -0.461. The van der Waals surface area contributed by atoms with E-state index in [2.05, 4.69) is 25.1 Å². The molecule has 0 spiro atoms. The van der Waals surface area contributed by atoms with Crippen LogP contribution < -0.4 is 4.90 Å². The smallest absolute Gasteiger partial charge is 0.159 e. The Bertz CT molecular complexity index is 1110. The van der Waals surface area contributed by atoms with Crippen molar-refractivity contribution in [3.05, 3.63) is 54.7 Å². The number of nitrogens with zero attached hydrogens (tertiary/aromatic N) is 5. The van der Waals surface area contributed by atoms with E-state index in [-0.39, 0.29) is 0 Å². The third-order valence-electron chi connectivity index (χ3n) is 4.63. The van der Waals surface area contributed by atoms with Gasteiger partial charge in [-0.1, -0.05) is 0 Å². The first-order valence-electron chi connectivity index (χ1n) is 9.37. The Kier molecular flexibility index (Phi) is 5.44. The van der Waals surface area contributed by atoms with Crippen LogP contribution in [0.3, 0.4) is 0 Å². The minimum Gasteiger partial charge on any atom is -0.380 e. The second-order valence-corrected chi connectivity index (χ2v) is 6.58. The number of hydrogen-bond acceptors (Lipinski definition) is 6. The zero-order valence-electron chi connectivity index (χ0n) is 16.3. The van der Waals surface area contributed by atoms with E-state index in [1.54, 1.807) is 6.20 Å². The summed E-state index contributed by atoms with van der Waals surface area (Å²) in [6, 6.07) is 9.70. The van der Waals surface area contributed by atoms with Gasteiger partial charge < -0.3 is 9.64 Å². The Morgan fingerprint density at radius 1 is 1.07 bits per heavy atom. The maximum atomic E-state index is 13.1. The van der Waals surface area contributed by atoms with Crippen LogP contribution >= 0.6 is 0 Å². The number of H-pyrrole nitrogens is 1. The number of fused-ring (bicyclic) bond motifs is 1. The van der Waals surface area contributed by atoms with Gasteiger partial charge in [-0.25, -0.2) is 19.3 Å². The van der Waals surface area contributed by atoms with E-state index in [9.17, 15) is 4.39 Å². The van der Waals surface area contributed by atoms with E-state index >= 15 is 0 Å². The molecule has 4 rings (SSSR count). The fraction of sp³-hybridized carbons (Fsp3) is 0.238. The van der Waals surface area contributed by atoms with E-state index in [1.165, 1.54) is 0 Å². The average molecular weight is 392 g/mol. The third kappa shape index (κ3) is 4.07. The zero-order valence-corrected chi connectivity index (χ0v) is 16.3. The van der Waals surface area contributed by atoms with Crippen LogP contribution in [0.2, 0.25) is 0 Å². The van der Waals surface area contributed by atoms with Gasteiger partial charge in [0.2, 0.25) is 0 Å². The molecule has 1 N–H and O–H groups in total. The van der Waals surface area contributed by atoms with Crippen molar-refractivity contribution in [3.63, 3.8) is 0 Å². The number of halogens is 1. The standard InChI is InChI=1S/C21H21FN6O/c1-3-29-9-8-28(2)19-11-14(6-7-23-19)20-17-10-15(4-5-18(17)26-27-20)21-24-12-16(22)13-25-21/h4-7,10-13H,3,8-9H2,1-2H3,(H,26,27). The lowest BCUT2D eigenvalue weighted by molar-refractivity contribution is 0.154. The van der Waals surface area contributed by atoms with Crippen LogP contribution in [-0.2, 0) is 4.74 Å². The number of aromatic amines is 1. The molecule has 0 aliphatic heterocycles. The van der Waals surface area contributed by atoms with Crippen LogP contribution in [0.15, 0.2) is 48.9 Å². The third-order valence-corrected chi connectivity index (χ3v) is 4.63. The van der Waals surface area contributed by atoms with Crippen molar-refractivity contribution in [2.45, 2.75) is 6.92 Å². The summed E-state index contributed by atoms with van der Waals surface area (Å²) in [6.07, 6.45) is 4.10. The molecule has 29 heavy (non-hydrogen) atoms. The molecule has 0 bridgehead atoms. The molecule has 148 valence electrons. The van der Waals surface area contributed by atoms with Crippen LogP contribution in [0.4, 0.5) is 10.2 Å². The Labute approximate surface area is 167 Å². The van der Waals surface area contributed by atoms with E-state index in [0.717, 1.165) is 52.5 Å². The molecule has 3 aromatic heterocycles. The number of anilines is 1. The molecule has 0 atom stereocenters. The van der Waals surface area contributed by atoms with Gasteiger partial charge in [0.25, 0.3) is 0 Å². The van der Waals surface area contributed by atoms with Crippen LogP contribution in [0.5, 0.6) is 0 Å². The second kappa shape index (κ2) is 8.32. The molecule has 0 amide bonds. The van der Waals surface area contributed by atoms with Gasteiger partial charge in [-0.05, 0) is 37.3 Å². The highest BCUT2D eigenvalue weighted by molar-refractivity contribution is 5.95.